The van der Waals surface area contributed by atoms with Crippen LogP contribution in [-0.2, 0) is 11.2 Å². The van der Waals surface area contributed by atoms with E-state index >= 15 is 0 Å². The molecule has 3 rings (SSSR count). The van der Waals surface area contributed by atoms with E-state index in [1.54, 1.807) is 7.11 Å². The molecule has 0 unspecified atom stereocenters. The third kappa shape index (κ3) is 4.29. The summed E-state index contributed by atoms with van der Waals surface area (Å²) in [5.74, 6) is 1.000. The van der Waals surface area contributed by atoms with Crippen LogP contribution in [0.4, 0.5) is 5.13 Å². The second-order valence-corrected chi connectivity index (χ2v) is 7.32. The van der Waals surface area contributed by atoms with Gasteiger partial charge in [-0.25, -0.2) is 9.97 Å². The van der Waals surface area contributed by atoms with Gasteiger partial charge in [-0.15, -0.1) is 11.3 Å². The maximum atomic E-state index is 12.1. The zero-order chi connectivity index (χ0) is 17.8. The Morgan fingerprint density at radius 1 is 1.32 bits per heavy atom. The summed E-state index contributed by atoms with van der Waals surface area (Å²) in [6.07, 6.45) is 0.866. The Balaban J connectivity index is 1.76. The van der Waals surface area contributed by atoms with Gasteiger partial charge in [0, 0.05) is 16.8 Å². The molecule has 130 valence electrons. The number of thiazole rings is 1. The Kier molecular flexibility index (Phi) is 5.55. The summed E-state index contributed by atoms with van der Waals surface area (Å²) in [5.41, 5.74) is 2.92. The van der Waals surface area contributed by atoms with Crippen molar-refractivity contribution in [3.63, 3.8) is 0 Å². The fourth-order valence-electron chi connectivity index (χ4n) is 2.38. The van der Waals surface area contributed by atoms with Crippen LogP contribution in [0.25, 0.3) is 10.9 Å². The van der Waals surface area contributed by atoms with E-state index in [1.807, 2.05) is 30.5 Å². The Bertz CT molecular complexity index is 908. The molecule has 0 bridgehead atoms. The van der Waals surface area contributed by atoms with Gasteiger partial charge in [-0.1, -0.05) is 18.7 Å². The molecule has 3 aromatic rings. The van der Waals surface area contributed by atoms with Crippen LogP contribution in [0.15, 0.2) is 34.7 Å². The number of thioether (sulfide) groups is 1. The van der Waals surface area contributed by atoms with Crippen molar-refractivity contribution in [1.29, 1.82) is 0 Å². The predicted octanol–water partition coefficient (Wildman–Crippen LogP) is 4.30. The first kappa shape index (κ1) is 17.7. The number of rotatable bonds is 6. The van der Waals surface area contributed by atoms with Crippen LogP contribution < -0.4 is 10.1 Å². The number of hydrogen-bond acceptors (Lipinski definition) is 6. The smallest absolute Gasteiger partial charge is 0.236 e. The second kappa shape index (κ2) is 7.84. The number of aryl methyl sites for hydroxylation is 2. The van der Waals surface area contributed by atoms with Crippen molar-refractivity contribution >= 4 is 45.0 Å². The summed E-state index contributed by atoms with van der Waals surface area (Å²) in [4.78, 5) is 21.1. The van der Waals surface area contributed by atoms with E-state index in [4.69, 9.17) is 9.72 Å². The lowest BCUT2D eigenvalue weighted by molar-refractivity contribution is -0.113. The van der Waals surface area contributed by atoms with Crippen LogP contribution in [0.1, 0.15) is 18.2 Å². The average Bonchev–Trinajstić information content (AvgIpc) is 3.03. The van der Waals surface area contributed by atoms with Crippen molar-refractivity contribution in [3.05, 3.63) is 40.9 Å². The van der Waals surface area contributed by atoms with E-state index in [2.05, 4.69) is 23.3 Å². The van der Waals surface area contributed by atoms with Crippen molar-refractivity contribution in [2.45, 2.75) is 25.3 Å². The topological polar surface area (TPSA) is 64.1 Å². The molecule has 25 heavy (non-hydrogen) atoms. The fourth-order valence-corrected chi connectivity index (χ4v) is 3.97. The lowest BCUT2D eigenvalue weighted by Gasteiger charge is -2.10. The Morgan fingerprint density at radius 3 is 2.84 bits per heavy atom. The van der Waals surface area contributed by atoms with E-state index in [1.165, 1.54) is 23.1 Å². The zero-order valence-corrected chi connectivity index (χ0v) is 16.0. The molecule has 2 heterocycles. The molecule has 0 aliphatic carbocycles. The third-order valence-corrected chi connectivity index (χ3v) is 5.56. The van der Waals surface area contributed by atoms with E-state index < -0.39 is 0 Å². The third-order valence-electron chi connectivity index (χ3n) is 3.65. The van der Waals surface area contributed by atoms with Gasteiger partial charge in [0.2, 0.25) is 5.91 Å². The van der Waals surface area contributed by atoms with Gasteiger partial charge in [-0.05, 0) is 37.1 Å². The number of ether oxygens (including phenoxy) is 1. The number of amides is 1. The molecule has 0 radical (unpaired) electrons. The molecule has 5 nitrogen and oxygen atoms in total. The maximum absolute atomic E-state index is 12.1. The minimum atomic E-state index is -0.0751. The number of carbonyl (C=O) groups is 1. The van der Waals surface area contributed by atoms with Crippen molar-refractivity contribution in [2.75, 3.05) is 18.2 Å². The summed E-state index contributed by atoms with van der Waals surface area (Å²) in [5, 5.41) is 7.33. The molecule has 1 amide bonds. The number of anilines is 1. The lowest BCUT2D eigenvalue weighted by Crippen LogP contribution is -2.14. The van der Waals surface area contributed by atoms with Crippen LogP contribution in [0, 0.1) is 6.92 Å². The monoisotopic (exact) mass is 373 g/mol. The highest BCUT2D eigenvalue weighted by atomic mass is 32.2. The Labute approximate surface area is 154 Å². The number of benzene rings is 1. The molecule has 0 aliphatic heterocycles. The van der Waals surface area contributed by atoms with Gasteiger partial charge in [-0.2, -0.15) is 0 Å². The SMILES string of the molecule is CCc1cc2ccc(OC)cc2nc1SCC(=O)Nc1nc(C)cs1. The summed E-state index contributed by atoms with van der Waals surface area (Å²) in [6, 6.07) is 7.98. The molecule has 2 aromatic heterocycles. The molecule has 1 N–H and O–H groups in total. The Morgan fingerprint density at radius 2 is 2.16 bits per heavy atom. The molecule has 0 saturated carbocycles. The molecule has 1 aromatic carbocycles. The maximum Gasteiger partial charge on any atom is 0.236 e. The van der Waals surface area contributed by atoms with E-state index in [9.17, 15) is 4.79 Å². The molecule has 0 atom stereocenters. The average molecular weight is 374 g/mol. The molecule has 0 aliphatic rings. The van der Waals surface area contributed by atoms with Crippen LogP contribution >= 0.6 is 23.1 Å². The van der Waals surface area contributed by atoms with E-state index in [-0.39, 0.29) is 5.91 Å². The van der Waals surface area contributed by atoms with Crippen molar-refractivity contribution < 1.29 is 9.53 Å². The van der Waals surface area contributed by atoms with Gasteiger partial charge in [0.25, 0.3) is 0 Å². The first-order valence-corrected chi connectivity index (χ1v) is 9.78. The van der Waals surface area contributed by atoms with Crippen molar-refractivity contribution in [1.82, 2.24) is 9.97 Å². The van der Waals surface area contributed by atoms with Crippen LogP contribution in [0.5, 0.6) is 5.75 Å². The zero-order valence-electron chi connectivity index (χ0n) is 14.3. The van der Waals surface area contributed by atoms with Gasteiger partial charge in [0.05, 0.1) is 24.1 Å². The predicted molar refractivity (Wildman–Crippen MR) is 104 cm³/mol. The lowest BCUT2D eigenvalue weighted by atomic mass is 10.1. The highest BCUT2D eigenvalue weighted by Crippen LogP contribution is 2.28. The summed E-state index contributed by atoms with van der Waals surface area (Å²) < 4.78 is 5.27. The summed E-state index contributed by atoms with van der Waals surface area (Å²) in [6.45, 7) is 4.00. The minimum absolute atomic E-state index is 0.0751. The summed E-state index contributed by atoms with van der Waals surface area (Å²) in [7, 11) is 1.64. The van der Waals surface area contributed by atoms with Crippen molar-refractivity contribution in [3.8, 4) is 5.75 Å². The first-order valence-electron chi connectivity index (χ1n) is 7.91. The molecule has 0 fully saturated rings. The molecular formula is C18H19N3O2S2. The molecule has 0 spiro atoms. The van der Waals surface area contributed by atoms with Gasteiger partial charge < -0.3 is 10.1 Å². The van der Waals surface area contributed by atoms with E-state index in [0.717, 1.165) is 39.4 Å². The number of hydrogen-bond donors (Lipinski definition) is 1. The van der Waals surface area contributed by atoms with Gasteiger partial charge in [0.15, 0.2) is 5.13 Å². The number of methoxy groups -OCH3 is 1. The standard InChI is InChI=1S/C18H19N3O2S2/c1-4-12-7-13-5-6-14(23-3)8-15(13)20-17(12)24-10-16(22)21-18-19-11(2)9-25-18/h5-9H,4,10H2,1-3H3,(H,19,21,22). The van der Waals surface area contributed by atoms with Crippen molar-refractivity contribution in [2.24, 2.45) is 0 Å². The van der Waals surface area contributed by atoms with Gasteiger partial charge in [0.1, 0.15) is 10.8 Å². The normalized spacial score (nSPS) is 10.8. The molecular weight excluding hydrogens is 354 g/mol. The number of nitrogens with one attached hydrogen (secondary N) is 1. The van der Waals surface area contributed by atoms with Gasteiger partial charge in [-0.3, -0.25) is 4.79 Å². The highest BCUT2D eigenvalue weighted by molar-refractivity contribution is 8.00. The number of pyridine rings is 1. The van der Waals surface area contributed by atoms with E-state index in [0.29, 0.717) is 10.9 Å². The highest BCUT2D eigenvalue weighted by Gasteiger charge is 2.11. The molecule has 7 heteroatoms. The second-order valence-electron chi connectivity index (χ2n) is 5.50. The van der Waals surface area contributed by atoms with Crippen LogP contribution in [0.3, 0.4) is 0 Å². The fraction of sp³-hybridized carbons (Fsp3) is 0.278. The van der Waals surface area contributed by atoms with Crippen LogP contribution in [0.2, 0.25) is 0 Å². The number of nitrogens with zero attached hydrogens (tertiary/aromatic N) is 2. The summed E-state index contributed by atoms with van der Waals surface area (Å²) >= 11 is 2.88. The largest absolute Gasteiger partial charge is 0.497 e. The van der Waals surface area contributed by atoms with Crippen LogP contribution in [-0.4, -0.2) is 28.7 Å². The number of fused-ring (bicyclic) bond motifs is 1. The Hall–Kier alpha value is -2.12. The number of carbonyl (C=O) groups excluding carboxylic acids is 1. The minimum Gasteiger partial charge on any atom is -0.497 e. The van der Waals surface area contributed by atoms with Gasteiger partial charge >= 0.3 is 0 Å². The quantitative estimate of drug-likeness (QED) is 0.653. The number of aromatic nitrogens is 2. The molecule has 0 saturated heterocycles. The first-order chi connectivity index (χ1) is 12.1.